The van der Waals surface area contributed by atoms with Crippen molar-refractivity contribution in [3.05, 3.63) is 36.5 Å². The standard InChI is InChI=1S/C16H21N3O/c17-16(8-3-9-16)15(20)18-10-4-11-19-12-7-13-5-1-2-6-14(13)19/h1-2,5-7,12H,3-4,8-11,17H2,(H,18,20). The second-order valence-electron chi connectivity index (χ2n) is 5.69. The topological polar surface area (TPSA) is 60.1 Å². The highest BCUT2D eigenvalue weighted by Crippen LogP contribution is 2.28. The molecule has 1 amide bonds. The van der Waals surface area contributed by atoms with E-state index in [1.54, 1.807) is 0 Å². The molecular weight excluding hydrogens is 250 g/mol. The Morgan fingerprint density at radius 2 is 2.10 bits per heavy atom. The summed E-state index contributed by atoms with van der Waals surface area (Å²) >= 11 is 0. The first-order valence-electron chi connectivity index (χ1n) is 7.30. The molecule has 0 spiro atoms. The predicted molar refractivity (Wildman–Crippen MR) is 80.3 cm³/mol. The summed E-state index contributed by atoms with van der Waals surface area (Å²) in [6, 6.07) is 10.5. The molecule has 1 fully saturated rings. The molecule has 4 nitrogen and oxygen atoms in total. The summed E-state index contributed by atoms with van der Waals surface area (Å²) in [5.41, 5.74) is 6.64. The molecule has 1 aromatic carbocycles. The summed E-state index contributed by atoms with van der Waals surface area (Å²) in [5, 5.41) is 4.21. The number of nitrogens with one attached hydrogen (secondary N) is 1. The normalized spacial score (nSPS) is 16.9. The van der Waals surface area contributed by atoms with E-state index in [1.807, 2.05) is 6.07 Å². The fourth-order valence-electron chi connectivity index (χ4n) is 2.75. The van der Waals surface area contributed by atoms with E-state index in [9.17, 15) is 4.79 Å². The number of nitrogens with two attached hydrogens (primary N) is 1. The number of carbonyl (C=O) groups is 1. The minimum absolute atomic E-state index is 0.0149. The molecule has 1 aliphatic rings. The van der Waals surface area contributed by atoms with Crippen LogP contribution in [-0.4, -0.2) is 22.6 Å². The van der Waals surface area contributed by atoms with Crippen LogP contribution in [0.4, 0.5) is 0 Å². The summed E-state index contributed by atoms with van der Waals surface area (Å²) in [6.45, 7) is 1.59. The predicted octanol–water partition coefficient (Wildman–Crippen LogP) is 2.03. The summed E-state index contributed by atoms with van der Waals surface area (Å²) < 4.78 is 2.23. The Morgan fingerprint density at radius 1 is 1.30 bits per heavy atom. The smallest absolute Gasteiger partial charge is 0.240 e. The lowest BCUT2D eigenvalue weighted by atomic mass is 9.77. The van der Waals surface area contributed by atoms with Gasteiger partial charge in [0.1, 0.15) is 0 Å². The van der Waals surface area contributed by atoms with Gasteiger partial charge in [-0.3, -0.25) is 4.79 Å². The van der Waals surface area contributed by atoms with E-state index in [-0.39, 0.29) is 5.91 Å². The molecule has 20 heavy (non-hydrogen) atoms. The number of hydrogen-bond acceptors (Lipinski definition) is 2. The molecule has 0 aliphatic heterocycles. The SMILES string of the molecule is NC1(C(=O)NCCCn2ccc3ccccc32)CCC1. The Kier molecular flexibility index (Phi) is 3.49. The highest BCUT2D eigenvalue weighted by atomic mass is 16.2. The Hall–Kier alpha value is -1.81. The summed E-state index contributed by atoms with van der Waals surface area (Å²) in [4.78, 5) is 11.9. The van der Waals surface area contributed by atoms with Crippen molar-refractivity contribution in [1.82, 2.24) is 9.88 Å². The van der Waals surface area contributed by atoms with Gasteiger partial charge in [0.2, 0.25) is 5.91 Å². The molecular formula is C16H21N3O. The van der Waals surface area contributed by atoms with Gasteiger partial charge in [-0.1, -0.05) is 18.2 Å². The van der Waals surface area contributed by atoms with Crippen molar-refractivity contribution in [3.63, 3.8) is 0 Å². The summed E-state index contributed by atoms with van der Waals surface area (Å²) in [6.07, 6.45) is 5.73. The van der Waals surface area contributed by atoms with Crippen molar-refractivity contribution in [1.29, 1.82) is 0 Å². The number of aromatic nitrogens is 1. The number of para-hydroxylation sites is 1. The minimum atomic E-state index is -0.583. The van der Waals surface area contributed by atoms with E-state index in [0.717, 1.165) is 32.2 Å². The molecule has 1 aliphatic carbocycles. The number of fused-ring (bicyclic) bond motifs is 1. The Morgan fingerprint density at radius 3 is 2.85 bits per heavy atom. The third-order valence-electron chi connectivity index (χ3n) is 4.24. The van der Waals surface area contributed by atoms with Gasteiger partial charge in [-0.05, 0) is 43.2 Å². The number of carbonyl (C=O) groups excluding carboxylic acids is 1. The molecule has 0 unspecified atom stereocenters. The Labute approximate surface area is 118 Å². The lowest BCUT2D eigenvalue weighted by Crippen LogP contribution is -2.58. The van der Waals surface area contributed by atoms with Crippen molar-refractivity contribution in [3.8, 4) is 0 Å². The molecule has 0 atom stereocenters. The zero-order valence-electron chi connectivity index (χ0n) is 11.6. The Bertz CT molecular complexity index is 613. The van der Waals surface area contributed by atoms with Crippen molar-refractivity contribution >= 4 is 16.8 Å². The van der Waals surface area contributed by atoms with E-state index in [0.29, 0.717) is 6.54 Å². The summed E-state index contributed by atoms with van der Waals surface area (Å²) in [5.74, 6) is 0.0149. The molecule has 0 radical (unpaired) electrons. The van der Waals surface area contributed by atoms with Crippen LogP contribution < -0.4 is 11.1 Å². The van der Waals surface area contributed by atoms with Crippen molar-refractivity contribution in [2.45, 2.75) is 37.8 Å². The van der Waals surface area contributed by atoms with Gasteiger partial charge in [-0.2, -0.15) is 0 Å². The van der Waals surface area contributed by atoms with Crippen LogP contribution in [0.3, 0.4) is 0 Å². The maximum Gasteiger partial charge on any atom is 0.240 e. The maximum absolute atomic E-state index is 11.9. The van der Waals surface area contributed by atoms with Crippen LogP contribution in [0.5, 0.6) is 0 Å². The fourth-order valence-corrected chi connectivity index (χ4v) is 2.75. The number of nitrogens with zero attached hydrogens (tertiary/aromatic N) is 1. The first kappa shape index (κ1) is 13.2. The molecule has 0 bridgehead atoms. The van der Waals surface area contributed by atoms with E-state index in [1.165, 1.54) is 10.9 Å². The molecule has 3 N–H and O–H groups in total. The maximum atomic E-state index is 11.9. The van der Waals surface area contributed by atoms with Crippen LogP contribution in [0, 0.1) is 0 Å². The molecule has 1 heterocycles. The van der Waals surface area contributed by atoms with E-state index in [4.69, 9.17) is 5.73 Å². The van der Waals surface area contributed by atoms with Gasteiger partial charge >= 0.3 is 0 Å². The van der Waals surface area contributed by atoms with E-state index in [2.05, 4.69) is 40.3 Å². The number of aryl methyl sites for hydroxylation is 1. The molecule has 0 saturated heterocycles. The van der Waals surface area contributed by atoms with Crippen molar-refractivity contribution in [2.24, 2.45) is 5.73 Å². The van der Waals surface area contributed by atoms with E-state index < -0.39 is 5.54 Å². The molecule has 106 valence electrons. The molecule has 3 rings (SSSR count). The van der Waals surface area contributed by atoms with Crippen LogP contribution in [0.1, 0.15) is 25.7 Å². The van der Waals surface area contributed by atoms with Gasteiger partial charge in [0.15, 0.2) is 0 Å². The second-order valence-corrected chi connectivity index (χ2v) is 5.69. The van der Waals surface area contributed by atoms with Gasteiger partial charge in [0, 0.05) is 24.8 Å². The molecule has 4 heteroatoms. The average molecular weight is 271 g/mol. The van der Waals surface area contributed by atoms with Crippen molar-refractivity contribution in [2.75, 3.05) is 6.54 Å². The first-order chi connectivity index (χ1) is 9.69. The number of hydrogen-bond donors (Lipinski definition) is 2. The van der Waals surface area contributed by atoms with Crippen LogP contribution >= 0.6 is 0 Å². The number of rotatable bonds is 5. The average Bonchev–Trinajstić information content (AvgIpc) is 2.84. The number of amides is 1. The third-order valence-corrected chi connectivity index (χ3v) is 4.24. The highest BCUT2D eigenvalue weighted by molar-refractivity contribution is 5.87. The summed E-state index contributed by atoms with van der Waals surface area (Å²) in [7, 11) is 0. The van der Waals surface area contributed by atoms with Gasteiger partial charge in [0.05, 0.1) is 5.54 Å². The third kappa shape index (κ3) is 2.43. The monoisotopic (exact) mass is 271 g/mol. The van der Waals surface area contributed by atoms with Gasteiger partial charge in [-0.25, -0.2) is 0 Å². The zero-order valence-corrected chi connectivity index (χ0v) is 11.6. The lowest BCUT2D eigenvalue weighted by Gasteiger charge is -2.36. The fraction of sp³-hybridized carbons (Fsp3) is 0.438. The van der Waals surface area contributed by atoms with Crippen molar-refractivity contribution < 1.29 is 4.79 Å². The second kappa shape index (κ2) is 5.29. The Balaban J connectivity index is 1.49. The molecule has 1 aromatic heterocycles. The first-order valence-corrected chi connectivity index (χ1v) is 7.30. The van der Waals surface area contributed by atoms with Crippen LogP contribution in [-0.2, 0) is 11.3 Å². The molecule has 2 aromatic rings. The minimum Gasteiger partial charge on any atom is -0.354 e. The quantitative estimate of drug-likeness (QED) is 0.817. The van der Waals surface area contributed by atoms with Gasteiger partial charge < -0.3 is 15.6 Å². The van der Waals surface area contributed by atoms with E-state index >= 15 is 0 Å². The van der Waals surface area contributed by atoms with Crippen LogP contribution in [0.25, 0.3) is 10.9 Å². The van der Waals surface area contributed by atoms with Crippen LogP contribution in [0.2, 0.25) is 0 Å². The van der Waals surface area contributed by atoms with Gasteiger partial charge in [0.25, 0.3) is 0 Å². The largest absolute Gasteiger partial charge is 0.354 e. The van der Waals surface area contributed by atoms with Gasteiger partial charge in [-0.15, -0.1) is 0 Å². The zero-order chi connectivity index (χ0) is 14.0. The van der Waals surface area contributed by atoms with Crippen LogP contribution in [0.15, 0.2) is 36.5 Å². The number of benzene rings is 1. The highest BCUT2D eigenvalue weighted by Gasteiger charge is 2.39. The lowest BCUT2D eigenvalue weighted by molar-refractivity contribution is -0.129. The molecule has 1 saturated carbocycles.